The third kappa shape index (κ3) is 3.77. The number of carbonyl (C=O) groups is 2. The highest BCUT2D eigenvalue weighted by Crippen LogP contribution is 2.25. The summed E-state index contributed by atoms with van der Waals surface area (Å²) >= 11 is 0. The van der Waals surface area contributed by atoms with Crippen molar-refractivity contribution >= 4 is 11.9 Å². The molecule has 1 aromatic heterocycles. The first kappa shape index (κ1) is 15.3. The Bertz CT molecular complexity index is 696. The van der Waals surface area contributed by atoms with Crippen LogP contribution in [0.4, 0.5) is 0 Å². The molecular weight excluding hydrogens is 294 g/mol. The van der Waals surface area contributed by atoms with Gasteiger partial charge >= 0.3 is 5.97 Å². The van der Waals surface area contributed by atoms with Crippen molar-refractivity contribution in [2.75, 3.05) is 0 Å². The van der Waals surface area contributed by atoms with Crippen LogP contribution in [0.2, 0.25) is 0 Å². The molecule has 2 N–H and O–H groups in total. The summed E-state index contributed by atoms with van der Waals surface area (Å²) in [5.41, 5.74) is 1.61. The predicted octanol–water partition coefficient (Wildman–Crippen LogP) is 1.91. The van der Waals surface area contributed by atoms with Gasteiger partial charge in [-0.05, 0) is 24.8 Å². The van der Waals surface area contributed by atoms with Gasteiger partial charge in [-0.1, -0.05) is 30.3 Å². The number of carbonyl (C=O) groups excluding carboxylic acids is 1. The van der Waals surface area contributed by atoms with Gasteiger partial charge in [0.1, 0.15) is 0 Å². The summed E-state index contributed by atoms with van der Waals surface area (Å²) in [6.45, 7) is 0.610. The summed E-state index contributed by atoms with van der Waals surface area (Å²) in [7, 11) is 0. The molecule has 1 aliphatic carbocycles. The second-order valence-electron chi connectivity index (χ2n) is 5.93. The highest BCUT2D eigenvalue weighted by Gasteiger charge is 2.30. The highest BCUT2D eigenvalue weighted by molar-refractivity contribution is 5.94. The number of hydrogen-bond acceptors (Lipinski definition) is 3. The maximum absolute atomic E-state index is 12.2. The molecule has 0 unspecified atom stereocenters. The summed E-state index contributed by atoms with van der Waals surface area (Å²) in [5.74, 6) is -1.32. The van der Waals surface area contributed by atoms with Crippen LogP contribution in [0.15, 0.2) is 42.7 Å². The van der Waals surface area contributed by atoms with E-state index in [0.29, 0.717) is 31.4 Å². The van der Waals surface area contributed by atoms with E-state index in [0.717, 1.165) is 5.56 Å². The molecule has 1 amide bonds. The number of carboxylic acid groups (broad SMARTS) is 1. The Hall–Kier alpha value is -2.63. The number of hydrogen-bond donors (Lipinski definition) is 2. The molecule has 23 heavy (non-hydrogen) atoms. The van der Waals surface area contributed by atoms with Gasteiger partial charge in [0, 0.05) is 12.2 Å². The standard InChI is InChI=1S/C17H19N3O3/c21-16(19-15-7-6-13(8-15)17(22)23)14-9-18-20(11-14)10-12-4-2-1-3-5-12/h1-5,9,11,13,15H,6-8,10H2,(H,19,21)(H,22,23)/t13-,15-/m1/s1. The van der Waals surface area contributed by atoms with Gasteiger partial charge in [-0.25, -0.2) is 0 Å². The Morgan fingerprint density at radius 2 is 2.04 bits per heavy atom. The molecule has 2 atom stereocenters. The van der Waals surface area contributed by atoms with E-state index >= 15 is 0 Å². The minimum absolute atomic E-state index is 0.0685. The fourth-order valence-electron chi connectivity index (χ4n) is 2.94. The van der Waals surface area contributed by atoms with Crippen molar-refractivity contribution in [2.24, 2.45) is 5.92 Å². The van der Waals surface area contributed by atoms with Gasteiger partial charge in [0.2, 0.25) is 0 Å². The molecule has 0 radical (unpaired) electrons. The lowest BCUT2D eigenvalue weighted by atomic mass is 10.1. The number of rotatable bonds is 5. The van der Waals surface area contributed by atoms with Crippen molar-refractivity contribution in [3.05, 3.63) is 53.9 Å². The number of nitrogens with zero attached hydrogens (tertiary/aromatic N) is 2. The third-order valence-corrected chi connectivity index (χ3v) is 4.20. The van der Waals surface area contributed by atoms with E-state index in [1.54, 1.807) is 17.1 Å². The van der Waals surface area contributed by atoms with Crippen LogP contribution in [0.5, 0.6) is 0 Å². The van der Waals surface area contributed by atoms with Gasteiger partial charge in [-0.3, -0.25) is 14.3 Å². The van der Waals surface area contributed by atoms with Crippen LogP contribution in [0.3, 0.4) is 0 Å². The molecule has 0 saturated heterocycles. The van der Waals surface area contributed by atoms with E-state index in [4.69, 9.17) is 5.11 Å². The molecule has 1 heterocycles. The largest absolute Gasteiger partial charge is 0.481 e. The monoisotopic (exact) mass is 313 g/mol. The molecule has 1 aliphatic rings. The zero-order chi connectivity index (χ0) is 16.2. The first-order valence-electron chi connectivity index (χ1n) is 7.72. The topological polar surface area (TPSA) is 84.2 Å². The highest BCUT2D eigenvalue weighted by atomic mass is 16.4. The lowest BCUT2D eigenvalue weighted by Gasteiger charge is -2.11. The number of aromatic nitrogens is 2. The van der Waals surface area contributed by atoms with Gasteiger partial charge in [-0.15, -0.1) is 0 Å². The quantitative estimate of drug-likeness (QED) is 0.883. The Kier molecular flexibility index (Phi) is 4.41. The van der Waals surface area contributed by atoms with Crippen molar-refractivity contribution < 1.29 is 14.7 Å². The van der Waals surface area contributed by atoms with E-state index in [2.05, 4.69) is 10.4 Å². The molecule has 6 nitrogen and oxygen atoms in total. The number of benzene rings is 1. The van der Waals surface area contributed by atoms with Crippen LogP contribution in [0, 0.1) is 5.92 Å². The fourth-order valence-corrected chi connectivity index (χ4v) is 2.94. The zero-order valence-electron chi connectivity index (χ0n) is 12.7. The molecule has 2 aromatic rings. The molecule has 1 aromatic carbocycles. The smallest absolute Gasteiger partial charge is 0.306 e. The van der Waals surface area contributed by atoms with E-state index < -0.39 is 5.97 Å². The first-order valence-corrected chi connectivity index (χ1v) is 7.72. The average molecular weight is 313 g/mol. The summed E-state index contributed by atoms with van der Waals surface area (Å²) < 4.78 is 1.72. The molecule has 0 spiro atoms. The van der Waals surface area contributed by atoms with Crippen LogP contribution in [0.25, 0.3) is 0 Å². The average Bonchev–Trinajstić information content (AvgIpc) is 3.18. The number of carboxylic acids is 1. The lowest BCUT2D eigenvalue weighted by Crippen LogP contribution is -2.33. The maximum atomic E-state index is 12.2. The summed E-state index contributed by atoms with van der Waals surface area (Å²) in [6.07, 6.45) is 5.08. The van der Waals surface area contributed by atoms with Crippen molar-refractivity contribution in [3.8, 4) is 0 Å². The molecule has 1 fully saturated rings. The van der Waals surface area contributed by atoms with E-state index in [9.17, 15) is 9.59 Å². The van der Waals surface area contributed by atoms with Crippen molar-refractivity contribution in [2.45, 2.75) is 31.8 Å². The Morgan fingerprint density at radius 1 is 1.26 bits per heavy atom. The number of nitrogens with one attached hydrogen (secondary N) is 1. The van der Waals surface area contributed by atoms with Gasteiger partial charge in [0.05, 0.1) is 24.2 Å². The van der Waals surface area contributed by atoms with Crippen molar-refractivity contribution in [1.29, 1.82) is 0 Å². The van der Waals surface area contributed by atoms with Gasteiger partial charge in [-0.2, -0.15) is 5.10 Å². The molecule has 0 bridgehead atoms. The van der Waals surface area contributed by atoms with Crippen molar-refractivity contribution in [1.82, 2.24) is 15.1 Å². The van der Waals surface area contributed by atoms with Gasteiger partial charge in [0.15, 0.2) is 0 Å². The predicted molar refractivity (Wildman–Crippen MR) is 84.0 cm³/mol. The first-order chi connectivity index (χ1) is 11.1. The van der Waals surface area contributed by atoms with Gasteiger partial charge in [0.25, 0.3) is 5.91 Å². The maximum Gasteiger partial charge on any atom is 0.306 e. The Labute approximate surface area is 134 Å². The fraction of sp³-hybridized carbons (Fsp3) is 0.353. The van der Waals surface area contributed by atoms with E-state index in [1.807, 2.05) is 30.3 Å². The molecule has 0 aliphatic heterocycles. The van der Waals surface area contributed by atoms with Crippen LogP contribution in [-0.4, -0.2) is 32.8 Å². The van der Waals surface area contributed by atoms with Crippen LogP contribution in [0.1, 0.15) is 35.2 Å². The van der Waals surface area contributed by atoms with E-state index in [-0.39, 0.29) is 17.9 Å². The normalized spacial score (nSPS) is 20.3. The molecule has 3 rings (SSSR count). The minimum Gasteiger partial charge on any atom is -0.481 e. The SMILES string of the molecule is O=C(N[C@@H]1CC[C@@H](C(=O)O)C1)c1cnn(Cc2ccccc2)c1. The van der Waals surface area contributed by atoms with Crippen LogP contribution in [-0.2, 0) is 11.3 Å². The summed E-state index contributed by atoms with van der Waals surface area (Å²) in [4.78, 5) is 23.2. The number of amides is 1. The second kappa shape index (κ2) is 6.64. The Morgan fingerprint density at radius 3 is 2.74 bits per heavy atom. The molecular formula is C17H19N3O3. The Balaban J connectivity index is 1.57. The molecule has 1 saturated carbocycles. The van der Waals surface area contributed by atoms with E-state index in [1.165, 1.54) is 0 Å². The van der Waals surface area contributed by atoms with Crippen LogP contribution >= 0.6 is 0 Å². The van der Waals surface area contributed by atoms with Gasteiger partial charge < -0.3 is 10.4 Å². The van der Waals surface area contributed by atoms with Crippen molar-refractivity contribution in [3.63, 3.8) is 0 Å². The minimum atomic E-state index is -0.780. The summed E-state index contributed by atoms with van der Waals surface area (Å²) in [5, 5.41) is 16.1. The number of aliphatic carboxylic acids is 1. The van der Waals surface area contributed by atoms with Crippen LogP contribution < -0.4 is 5.32 Å². The second-order valence-corrected chi connectivity index (χ2v) is 5.93. The zero-order valence-corrected chi connectivity index (χ0v) is 12.7. The lowest BCUT2D eigenvalue weighted by molar-refractivity contribution is -0.141. The molecule has 120 valence electrons. The summed E-state index contributed by atoms with van der Waals surface area (Å²) in [6, 6.07) is 9.83. The third-order valence-electron chi connectivity index (χ3n) is 4.20. The molecule has 6 heteroatoms.